The molecule has 2 N–H and O–H groups in total. The maximum Gasteiger partial charge on any atom is 0.226 e. The SMILES string of the molecule is Cl.NC1CCC(C(=O)N2CCOC[C@@H]2C2CC2)CC1. The Morgan fingerprint density at radius 2 is 1.79 bits per heavy atom. The Kier molecular flexibility index (Phi) is 5.09. The highest BCUT2D eigenvalue weighted by molar-refractivity contribution is 5.85. The van der Waals surface area contributed by atoms with E-state index in [4.69, 9.17) is 10.5 Å². The van der Waals surface area contributed by atoms with Crippen molar-refractivity contribution >= 4 is 18.3 Å². The van der Waals surface area contributed by atoms with E-state index in [-0.39, 0.29) is 18.3 Å². The van der Waals surface area contributed by atoms with Gasteiger partial charge < -0.3 is 15.4 Å². The molecule has 3 aliphatic rings. The summed E-state index contributed by atoms with van der Waals surface area (Å²) in [6.45, 7) is 2.26. The van der Waals surface area contributed by atoms with E-state index in [1.165, 1.54) is 12.8 Å². The number of amides is 1. The van der Waals surface area contributed by atoms with Crippen LogP contribution in [0.5, 0.6) is 0 Å². The number of halogens is 1. The van der Waals surface area contributed by atoms with Gasteiger partial charge >= 0.3 is 0 Å². The molecule has 19 heavy (non-hydrogen) atoms. The molecule has 0 aromatic heterocycles. The number of carbonyl (C=O) groups excluding carboxylic acids is 1. The molecule has 0 aromatic carbocycles. The van der Waals surface area contributed by atoms with Gasteiger partial charge in [0.05, 0.1) is 19.3 Å². The molecule has 110 valence electrons. The number of ether oxygens (including phenoxy) is 1. The molecule has 1 atom stereocenters. The third kappa shape index (κ3) is 3.41. The first-order valence-corrected chi connectivity index (χ1v) is 7.39. The Bertz CT molecular complexity index is 315. The zero-order valence-electron chi connectivity index (χ0n) is 11.4. The number of hydrogen-bond donors (Lipinski definition) is 1. The van der Waals surface area contributed by atoms with Crippen molar-refractivity contribution < 1.29 is 9.53 Å². The minimum Gasteiger partial charge on any atom is -0.377 e. The molecule has 1 aliphatic heterocycles. The number of rotatable bonds is 2. The van der Waals surface area contributed by atoms with Crippen LogP contribution in [-0.2, 0) is 9.53 Å². The first kappa shape index (κ1) is 15.1. The summed E-state index contributed by atoms with van der Waals surface area (Å²) in [6.07, 6.45) is 6.52. The zero-order chi connectivity index (χ0) is 12.5. The lowest BCUT2D eigenvalue weighted by molar-refractivity contribution is -0.146. The van der Waals surface area contributed by atoms with Crippen LogP contribution in [0.25, 0.3) is 0 Å². The first-order chi connectivity index (χ1) is 8.75. The molecule has 2 saturated carbocycles. The van der Waals surface area contributed by atoms with Crippen molar-refractivity contribution in [2.24, 2.45) is 17.6 Å². The van der Waals surface area contributed by atoms with Crippen LogP contribution in [0.4, 0.5) is 0 Å². The van der Waals surface area contributed by atoms with Crippen molar-refractivity contribution in [2.45, 2.75) is 50.6 Å². The Labute approximate surface area is 121 Å². The number of carbonyl (C=O) groups is 1. The summed E-state index contributed by atoms with van der Waals surface area (Å²) in [5.41, 5.74) is 5.92. The van der Waals surface area contributed by atoms with Crippen molar-refractivity contribution in [3.63, 3.8) is 0 Å². The lowest BCUT2D eigenvalue weighted by Gasteiger charge is -2.39. The summed E-state index contributed by atoms with van der Waals surface area (Å²) in [6, 6.07) is 0.680. The maximum absolute atomic E-state index is 12.6. The fourth-order valence-electron chi connectivity index (χ4n) is 3.37. The van der Waals surface area contributed by atoms with Gasteiger partial charge in [0, 0.05) is 18.5 Å². The standard InChI is InChI=1S/C14H24N2O2.ClH/c15-12-5-3-11(4-6-12)14(17)16-7-8-18-9-13(16)10-1-2-10;/h10-13H,1-9,15H2;1H/t11?,12?,13-;/m1./s1. The number of nitrogens with two attached hydrogens (primary N) is 1. The van der Waals surface area contributed by atoms with Crippen molar-refractivity contribution in [1.82, 2.24) is 4.90 Å². The van der Waals surface area contributed by atoms with Gasteiger partial charge in [-0.05, 0) is 44.4 Å². The minimum absolute atomic E-state index is 0. The Morgan fingerprint density at radius 1 is 1.11 bits per heavy atom. The predicted molar refractivity (Wildman–Crippen MR) is 76.2 cm³/mol. The van der Waals surface area contributed by atoms with Crippen molar-refractivity contribution in [1.29, 1.82) is 0 Å². The van der Waals surface area contributed by atoms with Gasteiger partial charge in [-0.25, -0.2) is 0 Å². The predicted octanol–water partition coefficient (Wildman–Crippen LogP) is 1.56. The van der Waals surface area contributed by atoms with E-state index in [2.05, 4.69) is 4.90 Å². The van der Waals surface area contributed by atoms with Gasteiger partial charge in [-0.1, -0.05) is 0 Å². The molecular formula is C14H25ClN2O2. The van der Waals surface area contributed by atoms with Gasteiger partial charge in [-0.3, -0.25) is 4.79 Å². The molecule has 5 heteroatoms. The summed E-state index contributed by atoms with van der Waals surface area (Å²) >= 11 is 0. The number of hydrogen-bond acceptors (Lipinski definition) is 3. The van der Waals surface area contributed by atoms with E-state index in [1.807, 2.05) is 0 Å². The smallest absolute Gasteiger partial charge is 0.226 e. The molecule has 4 nitrogen and oxygen atoms in total. The quantitative estimate of drug-likeness (QED) is 0.839. The minimum atomic E-state index is 0. The lowest BCUT2D eigenvalue weighted by Crippen LogP contribution is -2.52. The summed E-state index contributed by atoms with van der Waals surface area (Å²) in [4.78, 5) is 14.8. The first-order valence-electron chi connectivity index (χ1n) is 7.39. The fraction of sp³-hybridized carbons (Fsp3) is 0.929. The van der Waals surface area contributed by atoms with Crippen LogP contribution in [0.3, 0.4) is 0 Å². The monoisotopic (exact) mass is 288 g/mol. The lowest BCUT2D eigenvalue weighted by atomic mass is 9.85. The molecular weight excluding hydrogens is 264 g/mol. The van der Waals surface area contributed by atoms with Gasteiger partial charge in [-0.15, -0.1) is 12.4 Å². The molecule has 2 aliphatic carbocycles. The average Bonchev–Trinajstić information content (AvgIpc) is 3.23. The van der Waals surface area contributed by atoms with Gasteiger partial charge in [0.1, 0.15) is 0 Å². The van der Waals surface area contributed by atoms with E-state index >= 15 is 0 Å². The highest BCUT2D eigenvalue weighted by Gasteiger charge is 2.41. The highest BCUT2D eigenvalue weighted by Crippen LogP contribution is 2.37. The normalized spacial score (nSPS) is 35.6. The summed E-state index contributed by atoms with van der Waals surface area (Å²) in [5.74, 6) is 1.31. The van der Waals surface area contributed by atoms with Crippen LogP contribution in [0, 0.1) is 11.8 Å². The second-order valence-corrected chi connectivity index (χ2v) is 6.12. The third-order valence-corrected chi connectivity index (χ3v) is 4.74. The van der Waals surface area contributed by atoms with E-state index in [9.17, 15) is 4.79 Å². The Balaban J connectivity index is 0.00000133. The van der Waals surface area contributed by atoms with Crippen LogP contribution >= 0.6 is 12.4 Å². The molecule has 0 unspecified atom stereocenters. The summed E-state index contributed by atoms with van der Waals surface area (Å²) in [5, 5.41) is 0. The molecule has 3 rings (SSSR count). The number of nitrogens with zero attached hydrogens (tertiary/aromatic N) is 1. The largest absolute Gasteiger partial charge is 0.377 e. The van der Waals surface area contributed by atoms with Gasteiger partial charge in [0.15, 0.2) is 0 Å². The summed E-state index contributed by atoms with van der Waals surface area (Å²) < 4.78 is 5.55. The average molecular weight is 289 g/mol. The molecule has 0 aromatic rings. The van der Waals surface area contributed by atoms with Crippen LogP contribution in [-0.4, -0.2) is 42.6 Å². The van der Waals surface area contributed by atoms with E-state index < -0.39 is 0 Å². The Morgan fingerprint density at radius 3 is 2.42 bits per heavy atom. The summed E-state index contributed by atoms with van der Waals surface area (Å²) in [7, 11) is 0. The third-order valence-electron chi connectivity index (χ3n) is 4.74. The highest BCUT2D eigenvalue weighted by atomic mass is 35.5. The van der Waals surface area contributed by atoms with E-state index in [1.54, 1.807) is 0 Å². The van der Waals surface area contributed by atoms with Crippen molar-refractivity contribution in [3.8, 4) is 0 Å². The second kappa shape index (κ2) is 6.42. The van der Waals surface area contributed by atoms with Crippen molar-refractivity contribution in [3.05, 3.63) is 0 Å². The van der Waals surface area contributed by atoms with Crippen LogP contribution in [0.2, 0.25) is 0 Å². The van der Waals surface area contributed by atoms with Crippen LogP contribution < -0.4 is 5.73 Å². The maximum atomic E-state index is 12.6. The van der Waals surface area contributed by atoms with E-state index in [0.717, 1.165) is 38.8 Å². The molecule has 3 fully saturated rings. The molecule has 0 bridgehead atoms. The fourth-order valence-corrected chi connectivity index (χ4v) is 3.37. The van der Waals surface area contributed by atoms with Gasteiger partial charge in [-0.2, -0.15) is 0 Å². The number of morpholine rings is 1. The molecule has 0 radical (unpaired) electrons. The van der Waals surface area contributed by atoms with Gasteiger partial charge in [0.25, 0.3) is 0 Å². The van der Waals surface area contributed by atoms with Crippen LogP contribution in [0.1, 0.15) is 38.5 Å². The van der Waals surface area contributed by atoms with Crippen molar-refractivity contribution in [2.75, 3.05) is 19.8 Å². The van der Waals surface area contributed by atoms with Crippen LogP contribution in [0.15, 0.2) is 0 Å². The van der Waals surface area contributed by atoms with E-state index in [0.29, 0.717) is 30.5 Å². The zero-order valence-corrected chi connectivity index (χ0v) is 12.2. The topological polar surface area (TPSA) is 55.6 Å². The molecule has 1 saturated heterocycles. The van der Waals surface area contributed by atoms with Gasteiger partial charge in [0.2, 0.25) is 5.91 Å². The molecule has 0 spiro atoms. The second-order valence-electron chi connectivity index (χ2n) is 6.12. The molecule has 1 heterocycles. The Hall–Kier alpha value is -0.320. The molecule has 1 amide bonds.